The second-order valence-electron chi connectivity index (χ2n) is 5.09. The largest absolute Gasteiger partial charge is 0.338 e. The summed E-state index contributed by atoms with van der Waals surface area (Å²) in [6.07, 6.45) is 3.09. The van der Waals surface area contributed by atoms with Crippen LogP contribution in [0.4, 0.5) is 8.78 Å². The number of aromatic nitrogens is 1. The molecule has 0 radical (unpaired) electrons. The number of hydrogen-bond acceptors (Lipinski definition) is 3. The van der Waals surface area contributed by atoms with Crippen molar-refractivity contribution in [2.75, 3.05) is 13.1 Å². The Balaban J connectivity index is 1.95. The van der Waals surface area contributed by atoms with Crippen LogP contribution in [0.3, 0.4) is 0 Å². The molecule has 3 rings (SSSR count). The number of rotatable bonds is 2. The van der Waals surface area contributed by atoms with E-state index in [1.165, 1.54) is 18.2 Å². The fourth-order valence-electron chi connectivity index (χ4n) is 2.48. The first-order valence-corrected chi connectivity index (χ1v) is 8.59. The van der Waals surface area contributed by atoms with Crippen molar-refractivity contribution in [3.63, 3.8) is 0 Å². The number of amides is 1. The Bertz CT molecular complexity index is 693. The Morgan fingerprint density at radius 2 is 1.82 bits per heavy atom. The Morgan fingerprint density at radius 3 is 2.45 bits per heavy atom. The summed E-state index contributed by atoms with van der Waals surface area (Å²) in [5.74, 6) is -1.50. The summed E-state index contributed by atoms with van der Waals surface area (Å²) >= 11 is 4.25. The smallest absolute Gasteiger partial charge is 0.266 e. The topological polar surface area (TPSA) is 33.2 Å². The first kappa shape index (κ1) is 15.6. The Kier molecular flexibility index (Phi) is 4.54. The third-order valence-corrected chi connectivity index (χ3v) is 5.50. The van der Waals surface area contributed by atoms with Gasteiger partial charge >= 0.3 is 0 Å². The Morgan fingerprint density at radius 1 is 1.18 bits per heavy atom. The number of carbonyl (C=O) groups excluding carboxylic acids is 1. The second-order valence-corrected chi connectivity index (χ2v) is 6.84. The van der Waals surface area contributed by atoms with Crippen LogP contribution in [-0.2, 0) is 0 Å². The van der Waals surface area contributed by atoms with E-state index in [-0.39, 0.29) is 16.5 Å². The van der Waals surface area contributed by atoms with E-state index in [0.717, 1.165) is 30.6 Å². The molecule has 0 saturated carbocycles. The molecule has 0 aliphatic carbocycles. The van der Waals surface area contributed by atoms with Crippen LogP contribution < -0.4 is 0 Å². The molecule has 0 N–H and O–H groups in total. The third-order valence-electron chi connectivity index (χ3n) is 3.60. The van der Waals surface area contributed by atoms with Crippen molar-refractivity contribution in [2.45, 2.75) is 19.3 Å². The lowest BCUT2D eigenvalue weighted by Crippen LogP contribution is -2.35. The lowest BCUT2D eigenvalue weighted by molar-refractivity contribution is 0.0728. The molecule has 0 unspecified atom stereocenters. The van der Waals surface area contributed by atoms with Gasteiger partial charge in [-0.05, 0) is 47.3 Å². The van der Waals surface area contributed by atoms with Gasteiger partial charge in [0.15, 0.2) is 0 Å². The molecule has 2 heterocycles. The van der Waals surface area contributed by atoms with Gasteiger partial charge in [-0.2, -0.15) is 0 Å². The summed E-state index contributed by atoms with van der Waals surface area (Å²) in [4.78, 5) is 18.8. The number of thiazole rings is 1. The van der Waals surface area contributed by atoms with Gasteiger partial charge in [0.2, 0.25) is 0 Å². The van der Waals surface area contributed by atoms with Crippen LogP contribution in [0.2, 0.25) is 0 Å². The summed E-state index contributed by atoms with van der Waals surface area (Å²) < 4.78 is 28.0. The molecule has 0 bridgehead atoms. The Hall–Kier alpha value is -1.34. The van der Waals surface area contributed by atoms with Crippen LogP contribution in [0.25, 0.3) is 10.6 Å². The van der Waals surface area contributed by atoms with Crippen molar-refractivity contribution >= 4 is 33.2 Å². The number of benzene rings is 1. The molecule has 1 aliphatic heterocycles. The Labute approximate surface area is 139 Å². The maximum Gasteiger partial charge on any atom is 0.266 e. The highest BCUT2D eigenvalue weighted by Crippen LogP contribution is 2.35. The highest BCUT2D eigenvalue weighted by atomic mass is 79.9. The van der Waals surface area contributed by atoms with Gasteiger partial charge in [-0.15, -0.1) is 11.3 Å². The van der Waals surface area contributed by atoms with Crippen molar-refractivity contribution in [3.8, 4) is 10.6 Å². The molecule has 1 aromatic heterocycles. The van der Waals surface area contributed by atoms with Gasteiger partial charge < -0.3 is 4.90 Å². The van der Waals surface area contributed by atoms with Gasteiger partial charge in [0.05, 0.1) is 5.56 Å². The van der Waals surface area contributed by atoms with E-state index in [4.69, 9.17) is 0 Å². The first-order valence-electron chi connectivity index (χ1n) is 6.98. The van der Waals surface area contributed by atoms with Crippen LogP contribution in [0.5, 0.6) is 0 Å². The summed E-state index contributed by atoms with van der Waals surface area (Å²) in [6.45, 7) is 1.43. The van der Waals surface area contributed by atoms with Gasteiger partial charge in [-0.3, -0.25) is 4.79 Å². The van der Waals surface area contributed by atoms with Crippen LogP contribution in [0.1, 0.15) is 28.9 Å². The molecule has 1 aliphatic rings. The zero-order valence-electron chi connectivity index (χ0n) is 11.6. The molecule has 0 atom stereocenters. The molecule has 1 fully saturated rings. The lowest BCUT2D eigenvalue weighted by Gasteiger charge is -2.26. The minimum atomic E-state index is -0.682. The maximum absolute atomic E-state index is 13.8. The zero-order valence-corrected chi connectivity index (χ0v) is 14.0. The minimum absolute atomic E-state index is 0.132. The van der Waals surface area contributed by atoms with E-state index in [0.29, 0.717) is 22.6 Å². The van der Waals surface area contributed by atoms with E-state index in [2.05, 4.69) is 20.9 Å². The van der Waals surface area contributed by atoms with Crippen LogP contribution >= 0.6 is 27.3 Å². The SMILES string of the molecule is O=C(c1sc(-c2c(F)cccc2F)nc1Br)N1CCCCC1. The molecule has 3 nitrogen and oxygen atoms in total. The van der Waals surface area contributed by atoms with Crippen LogP contribution in [0, 0.1) is 11.6 Å². The number of likely N-dealkylation sites (tertiary alicyclic amines) is 1. The first-order chi connectivity index (χ1) is 10.6. The zero-order chi connectivity index (χ0) is 15.7. The van der Waals surface area contributed by atoms with E-state index in [1.54, 1.807) is 4.90 Å². The van der Waals surface area contributed by atoms with Crippen LogP contribution in [-0.4, -0.2) is 28.9 Å². The van der Waals surface area contributed by atoms with Crippen molar-refractivity contribution in [2.24, 2.45) is 0 Å². The fraction of sp³-hybridized carbons (Fsp3) is 0.333. The molecule has 7 heteroatoms. The number of hydrogen-bond donors (Lipinski definition) is 0. The lowest BCUT2D eigenvalue weighted by atomic mass is 10.1. The molecule has 0 spiro atoms. The van der Waals surface area contributed by atoms with Crippen molar-refractivity contribution in [1.29, 1.82) is 0 Å². The molecule has 1 amide bonds. The number of carbonyl (C=O) groups is 1. The van der Waals surface area contributed by atoms with Gasteiger partial charge in [-0.25, -0.2) is 13.8 Å². The molecular weight excluding hydrogens is 374 g/mol. The predicted octanol–water partition coefficient (Wildman–Crippen LogP) is 4.48. The summed E-state index contributed by atoms with van der Waals surface area (Å²) in [5, 5.41) is 0.169. The van der Waals surface area contributed by atoms with Crippen molar-refractivity contribution in [3.05, 3.63) is 39.3 Å². The van der Waals surface area contributed by atoms with Gasteiger partial charge in [0.25, 0.3) is 5.91 Å². The van der Waals surface area contributed by atoms with Crippen LogP contribution in [0.15, 0.2) is 22.8 Å². The summed E-state index contributed by atoms with van der Waals surface area (Å²) in [5.41, 5.74) is -0.189. The van der Waals surface area contributed by atoms with Crippen molar-refractivity contribution < 1.29 is 13.6 Å². The predicted molar refractivity (Wildman–Crippen MR) is 84.9 cm³/mol. The van der Waals surface area contributed by atoms with E-state index in [1.807, 2.05) is 0 Å². The quantitative estimate of drug-likeness (QED) is 0.762. The monoisotopic (exact) mass is 386 g/mol. The standard InChI is InChI=1S/C15H13BrF2N2OS/c16-13-12(15(21)20-7-2-1-3-8-20)22-14(19-13)11-9(17)5-4-6-10(11)18/h4-6H,1-3,7-8H2. The van der Waals surface area contributed by atoms with Gasteiger partial charge in [0, 0.05) is 13.1 Å². The third kappa shape index (κ3) is 2.92. The van der Waals surface area contributed by atoms with E-state index < -0.39 is 11.6 Å². The highest BCUT2D eigenvalue weighted by molar-refractivity contribution is 9.10. The van der Waals surface area contributed by atoms with Gasteiger partial charge in [0.1, 0.15) is 26.1 Å². The van der Waals surface area contributed by atoms with Gasteiger partial charge in [-0.1, -0.05) is 6.07 Å². The summed E-state index contributed by atoms with van der Waals surface area (Å²) in [7, 11) is 0. The average Bonchev–Trinajstić information content (AvgIpc) is 2.89. The molecule has 1 aromatic carbocycles. The molecular formula is C15H13BrF2N2OS. The second kappa shape index (κ2) is 6.42. The number of halogens is 3. The average molecular weight is 387 g/mol. The van der Waals surface area contributed by atoms with E-state index in [9.17, 15) is 13.6 Å². The molecule has 22 heavy (non-hydrogen) atoms. The normalized spacial score (nSPS) is 15.1. The molecule has 116 valence electrons. The van der Waals surface area contributed by atoms with E-state index >= 15 is 0 Å². The molecule has 1 saturated heterocycles. The summed E-state index contributed by atoms with van der Waals surface area (Å²) in [6, 6.07) is 3.66. The highest BCUT2D eigenvalue weighted by Gasteiger charge is 2.25. The number of nitrogens with zero attached hydrogens (tertiary/aromatic N) is 2. The fourth-order valence-corrected chi connectivity index (χ4v) is 4.16. The maximum atomic E-state index is 13.8. The molecule has 2 aromatic rings. The van der Waals surface area contributed by atoms with Crippen molar-refractivity contribution in [1.82, 2.24) is 9.88 Å². The minimum Gasteiger partial charge on any atom is -0.338 e. The number of piperidine rings is 1.